The zero-order valence-corrected chi connectivity index (χ0v) is 16.6. The van der Waals surface area contributed by atoms with E-state index in [0.717, 1.165) is 0 Å². The second-order valence-corrected chi connectivity index (χ2v) is 5.69. The zero-order chi connectivity index (χ0) is 13.6. The van der Waals surface area contributed by atoms with Crippen LogP contribution in [0.2, 0.25) is 0 Å². The smallest absolute Gasteiger partial charge is 1.00 e. The molecular weight excluding hydrogens is 310 g/mol. The standard InChI is InChI=1S/C14H10O4S.2Na.2H/c15-13-5-1-3-9-8-12-10(7-11(9)13)4-2-6-14(12)19(16,17)18;;;;/h1-8,15H,(H,16,17,18);;;;/q;2*+1;2*-1. The monoisotopic (exact) mass is 322 g/mol. The molecule has 0 fully saturated rings. The van der Waals surface area contributed by atoms with Gasteiger partial charge in [0.15, 0.2) is 0 Å². The number of rotatable bonds is 1. The van der Waals surface area contributed by atoms with Gasteiger partial charge in [-0.3, -0.25) is 4.55 Å². The minimum Gasteiger partial charge on any atom is -1.00 e. The fourth-order valence-corrected chi connectivity index (χ4v) is 2.94. The summed E-state index contributed by atoms with van der Waals surface area (Å²) in [4.78, 5) is -0.129. The van der Waals surface area contributed by atoms with Crippen molar-refractivity contribution in [1.29, 1.82) is 0 Å². The summed E-state index contributed by atoms with van der Waals surface area (Å²) in [6.07, 6.45) is 0. The second kappa shape index (κ2) is 6.98. The number of aromatic hydroxyl groups is 1. The number of fused-ring (bicyclic) bond motifs is 2. The number of phenols is 1. The van der Waals surface area contributed by atoms with Gasteiger partial charge < -0.3 is 7.96 Å². The second-order valence-electron chi connectivity index (χ2n) is 4.30. The molecule has 0 radical (unpaired) electrons. The van der Waals surface area contributed by atoms with Gasteiger partial charge >= 0.3 is 59.1 Å². The first-order chi connectivity index (χ1) is 8.97. The van der Waals surface area contributed by atoms with Crippen molar-refractivity contribution in [3.05, 3.63) is 48.5 Å². The molecule has 100 valence electrons. The minimum absolute atomic E-state index is 0. The number of benzene rings is 3. The molecule has 7 heteroatoms. The predicted molar refractivity (Wildman–Crippen MR) is 75.2 cm³/mol. The van der Waals surface area contributed by atoms with Crippen LogP contribution in [0, 0.1) is 0 Å². The summed E-state index contributed by atoms with van der Waals surface area (Å²) >= 11 is 0. The van der Waals surface area contributed by atoms with Crippen LogP contribution in [0.5, 0.6) is 5.75 Å². The van der Waals surface area contributed by atoms with Crippen molar-refractivity contribution in [3.8, 4) is 5.75 Å². The molecule has 0 aromatic heterocycles. The Labute approximate surface area is 169 Å². The first kappa shape index (κ1) is 18.9. The van der Waals surface area contributed by atoms with Gasteiger partial charge in [0.25, 0.3) is 10.1 Å². The zero-order valence-electron chi connectivity index (χ0n) is 13.7. The van der Waals surface area contributed by atoms with Crippen molar-refractivity contribution in [2.45, 2.75) is 4.90 Å². The van der Waals surface area contributed by atoms with E-state index in [1.807, 2.05) is 0 Å². The summed E-state index contributed by atoms with van der Waals surface area (Å²) in [6, 6.07) is 13.0. The summed E-state index contributed by atoms with van der Waals surface area (Å²) in [7, 11) is -4.27. The summed E-state index contributed by atoms with van der Waals surface area (Å²) in [5.41, 5.74) is 0. The van der Waals surface area contributed by atoms with Gasteiger partial charge in [0, 0.05) is 10.8 Å². The quantitative estimate of drug-likeness (QED) is 0.288. The number of hydrogen-bond donors (Lipinski definition) is 2. The fourth-order valence-electron chi connectivity index (χ4n) is 2.23. The fraction of sp³-hybridized carbons (Fsp3) is 0. The molecule has 3 rings (SSSR count). The first-order valence-corrected chi connectivity index (χ1v) is 7.03. The van der Waals surface area contributed by atoms with Crippen molar-refractivity contribution in [2.75, 3.05) is 0 Å². The van der Waals surface area contributed by atoms with Gasteiger partial charge in [-0.05, 0) is 35.0 Å². The van der Waals surface area contributed by atoms with E-state index in [-0.39, 0.29) is 72.6 Å². The molecule has 0 saturated carbocycles. The van der Waals surface area contributed by atoms with E-state index in [1.54, 1.807) is 42.5 Å². The molecule has 21 heavy (non-hydrogen) atoms. The van der Waals surface area contributed by atoms with Crippen LogP contribution in [0.1, 0.15) is 2.85 Å². The van der Waals surface area contributed by atoms with Crippen LogP contribution in [0.3, 0.4) is 0 Å². The van der Waals surface area contributed by atoms with E-state index in [1.165, 1.54) is 6.07 Å². The predicted octanol–water partition coefficient (Wildman–Crippen LogP) is -2.82. The molecule has 3 aromatic carbocycles. The van der Waals surface area contributed by atoms with E-state index in [4.69, 9.17) is 0 Å². The topological polar surface area (TPSA) is 74.6 Å². The normalized spacial score (nSPS) is 10.9. The Bertz CT molecular complexity index is 917. The Morgan fingerprint density at radius 3 is 2.00 bits per heavy atom. The molecule has 0 aliphatic carbocycles. The van der Waals surface area contributed by atoms with Gasteiger partial charge in [0.2, 0.25) is 0 Å². The Morgan fingerprint density at radius 2 is 1.38 bits per heavy atom. The van der Waals surface area contributed by atoms with E-state index >= 15 is 0 Å². The average molecular weight is 322 g/mol. The first-order valence-electron chi connectivity index (χ1n) is 5.59. The molecule has 0 heterocycles. The van der Waals surface area contributed by atoms with Crippen molar-refractivity contribution in [2.24, 2.45) is 0 Å². The van der Waals surface area contributed by atoms with Crippen LogP contribution >= 0.6 is 0 Å². The summed E-state index contributed by atoms with van der Waals surface area (Å²) in [6.45, 7) is 0. The van der Waals surface area contributed by atoms with Crippen LogP contribution in [0.15, 0.2) is 53.4 Å². The van der Waals surface area contributed by atoms with Gasteiger partial charge in [-0.15, -0.1) is 0 Å². The SMILES string of the molecule is O=S(=O)(O)c1cccc2cc3c(O)cccc3cc12.[H-].[H-].[Na+].[Na+]. The number of hydrogen-bond acceptors (Lipinski definition) is 3. The third-order valence-electron chi connectivity index (χ3n) is 3.09. The van der Waals surface area contributed by atoms with Crippen molar-refractivity contribution in [1.82, 2.24) is 0 Å². The van der Waals surface area contributed by atoms with E-state index in [2.05, 4.69) is 0 Å². The molecule has 0 aliphatic heterocycles. The van der Waals surface area contributed by atoms with Crippen LogP contribution < -0.4 is 59.1 Å². The molecule has 0 atom stereocenters. The molecule has 0 aliphatic rings. The van der Waals surface area contributed by atoms with E-state index < -0.39 is 10.1 Å². The van der Waals surface area contributed by atoms with E-state index in [9.17, 15) is 18.1 Å². The van der Waals surface area contributed by atoms with Gasteiger partial charge in [-0.2, -0.15) is 8.42 Å². The minimum atomic E-state index is -4.27. The Balaban J connectivity index is 0. The summed E-state index contributed by atoms with van der Waals surface area (Å²) < 4.78 is 31.9. The molecular formula is C14H12Na2O4S. The third kappa shape index (κ3) is 3.63. The molecule has 3 aromatic rings. The maximum absolute atomic E-state index is 11.4. The number of phenolic OH excluding ortho intramolecular Hbond substituents is 1. The van der Waals surface area contributed by atoms with Gasteiger partial charge in [0.1, 0.15) is 10.6 Å². The Morgan fingerprint density at radius 1 is 0.857 bits per heavy atom. The molecule has 0 spiro atoms. The van der Waals surface area contributed by atoms with Gasteiger partial charge in [-0.25, -0.2) is 0 Å². The molecule has 0 amide bonds. The van der Waals surface area contributed by atoms with Crippen LogP contribution in [0.4, 0.5) is 0 Å². The summed E-state index contributed by atoms with van der Waals surface area (Å²) in [5.74, 6) is 0.136. The summed E-state index contributed by atoms with van der Waals surface area (Å²) in [5, 5.41) is 12.2. The largest absolute Gasteiger partial charge is 1.00 e. The van der Waals surface area contributed by atoms with Crippen molar-refractivity contribution >= 4 is 31.7 Å². The van der Waals surface area contributed by atoms with Crippen LogP contribution in [0.25, 0.3) is 21.5 Å². The molecule has 0 bridgehead atoms. The van der Waals surface area contributed by atoms with E-state index in [0.29, 0.717) is 21.5 Å². The Kier molecular flexibility index (Phi) is 6.29. The Hall–Kier alpha value is -0.110. The molecule has 4 nitrogen and oxygen atoms in total. The van der Waals surface area contributed by atoms with Crippen LogP contribution in [-0.4, -0.2) is 18.1 Å². The maximum Gasteiger partial charge on any atom is 1.00 e. The van der Waals surface area contributed by atoms with Crippen molar-refractivity contribution < 1.29 is 80.0 Å². The maximum atomic E-state index is 11.4. The van der Waals surface area contributed by atoms with Crippen molar-refractivity contribution in [3.63, 3.8) is 0 Å². The third-order valence-corrected chi connectivity index (χ3v) is 4.01. The molecule has 0 unspecified atom stereocenters. The average Bonchev–Trinajstić information content (AvgIpc) is 2.35. The molecule has 2 N–H and O–H groups in total. The van der Waals surface area contributed by atoms with Crippen LogP contribution in [-0.2, 0) is 10.1 Å². The molecule has 0 saturated heterocycles. The van der Waals surface area contributed by atoms with Gasteiger partial charge in [-0.1, -0.05) is 24.3 Å². The van der Waals surface area contributed by atoms with Gasteiger partial charge in [0.05, 0.1) is 0 Å².